The van der Waals surface area contributed by atoms with Crippen molar-refractivity contribution in [3.63, 3.8) is 0 Å². The minimum absolute atomic E-state index is 0.0609. The minimum atomic E-state index is -0.285. The molecule has 2 atom stereocenters. The van der Waals surface area contributed by atoms with Gasteiger partial charge < -0.3 is 29.6 Å². The van der Waals surface area contributed by atoms with Crippen LogP contribution in [0.25, 0.3) is 5.69 Å². The van der Waals surface area contributed by atoms with Crippen LogP contribution in [0, 0.1) is 0 Å². The SMILES string of the molecule is CCOc1ccc(-n2cccc2[C@H]2[C@H](c3ccccn3)NC(=S)N2c2ccc(NC(=O)COC)c(Cl)c2)cc1. The zero-order chi connectivity index (χ0) is 27.4. The van der Waals surface area contributed by atoms with Gasteiger partial charge in [-0.3, -0.25) is 9.78 Å². The van der Waals surface area contributed by atoms with Gasteiger partial charge in [-0.2, -0.15) is 0 Å². The summed E-state index contributed by atoms with van der Waals surface area (Å²) in [5, 5.41) is 7.18. The van der Waals surface area contributed by atoms with Gasteiger partial charge in [0.25, 0.3) is 0 Å². The first kappa shape index (κ1) is 26.7. The highest BCUT2D eigenvalue weighted by Gasteiger charge is 2.42. The largest absolute Gasteiger partial charge is 0.494 e. The Morgan fingerprint density at radius 2 is 1.90 bits per heavy atom. The highest BCUT2D eigenvalue weighted by Crippen LogP contribution is 2.43. The van der Waals surface area contributed by atoms with Gasteiger partial charge in [0, 0.05) is 36.6 Å². The van der Waals surface area contributed by atoms with Crippen molar-refractivity contribution in [3.8, 4) is 11.4 Å². The molecule has 3 heterocycles. The molecule has 0 aliphatic carbocycles. The molecule has 200 valence electrons. The van der Waals surface area contributed by atoms with Crippen molar-refractivity contribution in [2.45, 2.75) is 19.0 Å². The van der Waals surface area contributed by atoms with Crippen LogP contribution < -0.4 is 20.3 Å². The third-order valence-corrected chi connectivity index (χ3v) is 7.01. The highest BCUT2D eigenvalue weighted by atomic mass is 35.5. The van der Waals surface area contributed by atoms with Gasteiger partial charge in [0.2, 0.25) is 5.91 Å². The Hall–Kier alpha value is -3.92. The molecule has 0 spiro atoms. The number of nitrogens with one attached hydrogen (secondary N) is 2. The smallest absolute Gasteiger partial charge is 0.250 e. The van der Waals surface area contributed by atoms with E-state index in [1.165, 1.54) is 7.11 Å². The molecule has 39 heavy (non-hydrogen) atoms. The topological polar surface area (TPSA) is 80.7 Å². The van der Waals surface area contributed by atoms with Crippen LogP contribution in [0.5, 0.6) is 5.75 Å². The number of pyridine rings is 1. The third-order valence-electron chi connectivity index (χ3n) is 6.39. The summed E-state index contributed by atoms with van der Waals surface area (Å²) in [6, 6.07) is 22.9. The summed E-state index contributed by atoms with van der Waals surface area (Å²) in [7, 11) is 1.47. The molecule has 8 nitrogen and oxygen atoms in total. The highest BCUT2D eigenvalue weighted by molar-refractivity contribution is 7.80. The number of ether oxygens (including phenoxy) is 2. The zero-order valence-electron chi connectivity index (χ0n) is 21.5. The normalized spacial score (nSPS) is 16.7. The number of methoxy groups -OCH3 is 1. The number of rotatable bonds is 9. The standard InChI is InChI=1S/C29H28ClN5O3S/c1-3-38-21-12-9-19(10-13-21)34-16-6-8-25(34)28-27(24-7-4-5-15-31-24)33-29(39)35(28)20-11-14-23(22(30)17-20)32-26(36)18-37-2/h4-17,27-28H,3,18H2,1-2H3,(H,32,36)(H,33,39)/t27-,28-/m0/s1. The summed E-state index contributed by atoms with van der Waals surface area (Å²) < 4.78 is 12.7. The lowest BCUT2D eigenvalue weighted by molar-refractivity contribution is -0.119. The molecule has 1 fully saturated rings. The summed E-state index contributed by atoms with van der Waals surface area (Å²) in [5.74, 6) is 0.533. The second-order valence-corrected chi connectivity index (χ2v) is 9.67. The Kier molecular flexibility index (Phi) is 8.11. The number of nitrogens with zero attached hydrogens (tertiary/aromatic N) is 3. The summed E-state index contributed by atoms with van der Waals surface area (Å²) in [6.07, 6.45) is 3.81. The lowest BCUT2D eigenvalue weighted by Crippen LogP contribution is -2.30. The van der Waals surface area contributed by atoms with Crippen LogP contribution in [0.4, 0.5) is 11.4 Å². The third kappa shape index (κ3) is 5.61. The molecule has 1 aliphatic heterocycles. The number of thiocarbonyl (C=S) groups is 1. The van der Waals surface area contributed by atoms with Gasteiger partial charge in [-0.15, -0.1) is 0 Å². The summed E-state index contributed by atoms with van der Waals surface area (Å²) >= 11 is 12.5. The fourth-order valence-corrected chi connectivity index (χ4v) is 5.31. The van der Waals surface area contributed by atoms with Crippen molar-refractivity contribution < 1.29 is 14.3 Å². The van der Waals surface area contributed by atoms with E-state index >= 15 is 0 Å². The number of benzene rings is 2. The summed E-state index contributed by atoms with van der Waals surface area (Å²) in [4.78, 5) is 18.7. The molecular formula is C29H28ClN5O3S. The molecular weight excluding hydrogens is 534 g/mol. The molecule has 2 aromatic heterocycles. The lowest BCUT2D eigenvalue weighted by Gasteiger charge is -2.29. The van der Waals surface area contributed by atoms with E-state index in [1.54, 1.807) is 18.3 Å². The van der Waals surface area contributed by atoms with Crippen LogP contribution in [0.3, 0.4) is 0 Å². The van der Waals surface area contributed by atoms with Crippen molar-refractivity contribution in [2.75, 3.05) is 30.5 Å². The number of anilines is 2. The van der Waals surface area contributed by atoms with Gasteiger partial charge in [-0.05, 0) is 85.9 Å². The van der Waals surface area contributed by atoms with E-state index in [4.69, 9.17) is 33.3 Å². The van der Waals surface area contributed by atoms with Crippen LogP contribution in [0.2, 0.25) is 5.02 Å². The maximum absolute atomic E-state index is 12.0. The zero-order valence-corrected chi connectivity index (χ0v) is 23.1. The molecule has 2 N–H and O–H groups in total. The molecule has 4 aromatic rings. The number of aromatic nitrogens is 2. The number of hydrogen-bond acceptors (Lipinski definition) is 5. The maximum atomic E-state index is 12.0. The van der Waals surface area contributed by atoms with Crippen molar-refractivity contribution in [1.29, 1.82) is 0 Å². The van der Waals surface area contributed by atoms with Crippen molar-refractivity contribution in [3.05, 3.63) is 102 Å². The molecule has 1 saturated heterocycles. The molecule has 10 heteroatoms. The van der Waals surface area contributed by atoms with Gasteiger partial charge in [0.05, 0.1) is 29.1 Å². The van der Waals surface area contributed by atoms with E-state index in [9.17, 15) is 4.79 Å². The van der Waals surface area contributed by atoms with Crippen LogP contribution in [-0.4, -0.2) is 40.9 Å². The maximum Gasteiger partial charge on any atom is 0.250 e. The van der Waals surface area contributed by atoms with Gasteiger partial charge in [0.15, 0.2) is 5.11 Å². The fraction of sp³-hybridized carbons (Fsp3) is 0.207. The van der Waals surface area contributed by atoms with Gasteiger partial charge in [0.1, 0.15) is 18.4 Å². The Balaban J connectivity index is 1.56. The molecule has 0 unspecified atom stereocenters. The number of carbonyl (C=O) groups is 1. The van der Waals surface area contributed by atoms with E-state index < -0.39 is 0 Å². The van der Waals surface area contributed by atoms with Gasteiger partial charge in [-0.1, -0.05) is 17.7 Å². The van der Waals surface area contributed by atoms with Crippen LogP contribution in [0.15, 0.2) is 85.2 Å². The fourth-order valence-electron chi connectivity index (χ4n) is 4.75. The Labute approximate surface area is 237 Å². The average Bonchev–Trinajstić information content (AvgIpc) is 3.55. The average molecular weight is 562 g/mol. The van der Waals surface area contributed by atoms with E-state index in [0.717, 1.165) is 28.5 Å². The molecule has 1 amide bonds. The summed E-state index contributed by atoms with van der Waals surface area (Å²) in [6.45, 7) is 2.51. The number of amides is 1. The quantitative estimate of drug-likeness (QED) is 0.254. The first-order valence-electron chi connectivity index (χ1n) is 12.5. The number of carbonyl (C=O) groups excluding carboxylic acids is 1. The molecule has 2 aromatic carbocycles. The van der Waals surface area contributed by atoms with Crippen molar-refractivity contribution in [2.24, 2.45) is 0 Å². The van der Waals surface area contributed by atoms with Gasteiger partial charge >= 0.3 is 0 Å². The van der Waals surface area contributed by atoms with Gasteiger partial charge in [-0.25, -0.2) is 0 Å². The minimum Gasteiger partial charge on any atom is -0.494 e. The molecule has 1 aliphatic rings. The van der Waals surface area contributed by atoms with Crippen LogP contribution in [-0.2, 0) is 9.53 Å². The van der Waals surface area contributed by atoms with E-state index in [0.29, 0.717) is 22.4 Å². The van der Waals surface area contributed by atoms with Crippen LogP contribution >= 0.6 is 23.8 Å². The Bertz CT molecular complexity index is 1460. The predicted octanol–water partition coefficient (Wildman–Crippen LogP) is 5.69. The Morgan fingerprint density at radius 1 is 1.10 bits per heavy atom. The first-order chi connectivity index (χ1) is 19.0. The number of halogens is 1. The van der Waals surface area contributed by atoms with E-state index in [-0.39, 0.29) is 24.6 Å². The second kappa shape index (κ2) is 11.9. The molecule has 0 radical (unpaired) electrons. The second-order valence-electron chi connectivity index (χ2n) is 8.87. The molecule has 5 rings (SSSR count). The predicted molar refractivity (Wildman–Crippen MR) is 157 cm³/mol. The summed E-state index contributed by atoms with van der Waals surface area (Å²) in [5.41, 5.74) is 4.14. The lowest BCUT2D eigenvalue weighted by atomic mass is 10.0. The van der Waals surface area contributed by atoms with Crippen molar-refractivity contribution >= 4 is 46.2 Å². The molecule has 0 saturated carbocycles. The monoisotopic (exact) mass is 561 g/mol. The Morgan fingerprint density at radius 3 is 2.59 bits per heavy atom. The molecule has 0 bridgehead atoms. The number of hydrogen-bond donors (Lipinski definition) is 2. The van der Waals surface area contributed by atoms with E-state index in [1.807, 2.05) is 72.6 Å². The van der Waals surface area contributed by atoms with Crippen molar-refractivity contribution in [1.82, 2.24) is 14.9 Å². The van der Waals surface area contributed by atoms with E-state index in [2.05, 4.69) is 26.3 Å². The van der Waals surface area contributed by atoms with Crippen LogP contribution in [0.1, 0.15) is 30.4 Å². The first-order valence-corrected chi connectivity index (χ1v) is 13.3.